The molecule has 0 saturated heterocycles. The Kier molecular flexibility index (Phi) is 5.39. The van der Waals surface area contributed by atoms with E-state index in [1.165, 1.54) is 12.1 Å². The van der Waals surface area contributed by atoms with Gasteiger partial charge in [-0.2, -0.15) is 0 Å². The van der Waals surface area contributed by atoms with Crippen LogP contribution in [0.25, 0.3) is 11.1 Å². The van der Waals surface area contributed by atoms with Crippen LogP contribution in [0.1, 0.15) is 22.6 Å². The quantitative estimate of drug-likeness (QED) is 0.589. The van der Waals surface area contributed by atoms with Gasteiger partial charge in [0.25, 0.3) is 0 Å². The van der Waals surface area contributed by atoms with E-state index in [0.717, 1.165) is 27.8 Å². The second-order valence-electron chi connectivity index (χ2n) is 7.30. The third-order valence-electron chi connectivity index (χ3n) is 5.36. The van der Waals surface area contributed by atoms with E-state index in [9.17, 15) is 14.7 Å². The van der Waals surface area contributed by atoms with Crippen molar-refractivity contribution in [1.82, 2.24) is 5.32 Å². The maximum Gasteiger partial charge on any atom is 0.407 e. The fourth-order valence-electron chi connectivity index (χ4n) is 3.87. The lowest BCUT2D eigenvalue weighted by molar-refractivity contribution is -0.119. The van der Waals surface area contributed by atoms with Gasteiger partial charge in [-0.25, -0.2) is 4.79 Å². The van der Waals surface area contributed by atoms with Crippen LogP contribution in [0.15, 0.2) is 72.8 Å². The third kappa shape index (κ3) is 3.98. The molecule has 4 N–H and O–H groups in total. The molecule has 1 atom stereocenters. The first-order valence-electron chi connectivity index (χ1n) is 9.71. The van der Waals surface area contributed by atoms with Gasteiger partial charge >= 0.3 is 6.09 Å². The number of primary amides is 1. The number of carbonyl (C=O) groups excluding carboxylic acids is 2. The van der Waals surface area contributed by atoms with Crippen molar-refractivity contribution >= 4 is 12.0 Å². The van der Waals surface area contributed by atoms with Gasteiger partial charge in [0.05, 0.1) is 0 Å². The Morgan fingerprint density at radius 1 is 0.933 bits per heavy atom. The average Bonchev–Trinajstić information content (AvgIpc) is 3.07. The van der Waals surface area contributed by atoms with Crippen LogP contribution in [0.2, 0.25) is 0 Å². The number of phenols is 1. The number of aromatic hydroxyl groups is 1. The van der Waals surface area contributed by atoms with Crippen molar-refractivity contribution in [2.45, 2.75) is 18.4 Å². The summed E-state index contributed by atoms with van der Waals surface area (Å²) in [5.74, 6) is -0.595. The number of amides is 2. The number of hydrogen-bond donors (Lipinski definition) is 3. The maximum atomic E-state index is 12.4. The summed E-state index contributed by atoms with van der Waals surface area (Å²) in [5.41, 5.74) is 10.7. The first-order valence-corrected chi connectivity index (χ1v) is 9.71. The normalized spacial score (nSPS) is 13.2. The van der Waals surface area contributed by atoms with Crippen molar-refractivity contribution in [3.05, 3.63) is 89.5 Å². The van der Waals surface area contributed by atoms with Crippen LogP contribution in [-0.4, -0.2) is 29.8 Å². The van der Waals surface area contributed by atoms with Crippen molar-refractivity contribution in [3.8, 4) is 16.9 Å². The Morgan fingerprint density at radius 3 is 2.07 bits per heavy atom. The van der Waals surface area contributed by atoms with Crippen LogP contribution < -0.4 is 11.1 Å². The molecule has 0 bridgehead atoms. The van der Waals surface area contributed by atoms with E-state index in [1.807, 2.05) is 36.4 Å². The Morgan fingerprint density at radius 2 is 1.50 bits per heavy atom. The minimum absolute atomic E-state index is 0.0627. The maximum absolute atomic E-state index is 12.4. The predicted molar refractivity (Wildman–Crippen MR) is 113 cm³/mol. The molecule has 3 aromatic carbocycles. The van der Waals surface area contributed by atoms with Crippen LogP contribution in [0.4, 0.5) is 4.79 Å². The Hall–Kier alpha value is -3.80. The summed E-state index contributed by atoms with van der Waals surface area (Å²) < 4.78 is 5.48. The largest absolute Gasteiger partial charge is 0.508 e. The van der Waals surface area contributed by atoms with E-state index < -0.39 is 18.0 Å². The molecule has 4 rings (SSSR count). The lowest BCUT2D eigenvalue weighted by Crippen LogP contribution is -2.46. The summed E-state index contributed by atoms with van der Waals surface area (Å²) >= 11 is 0. The molecule has 0 aromatic heterocycles. The summed E-state index contributed by atoms with van der Waals surface area (Å²) in [5, 5.41) is 11.9. The van der Waals surface area contributed by atoms with Crippen molar-refractivity contribution in [2.24, 2.45) is 5.73 Å². The lowest BCUT2D eigenvalue weighted by Gasteiger charge is -2.18. The van der Waals surface area contributed by atoms with Crippen LogP contribution >= 0.6 is 0 Å². The van der Waals surface area contributed by atoms with Gasteiger partial charge in [0.15, 0.2) is 0 Å². The molecule has 6 nitrogen and oxygen atoms in total. The van der Waals surface area contributed by atoms with Crippen molar-refractivity contribution in [1.29, 1.82) is 0 Å². The zero-order valence-electron chi connectivity index (χ0n) is 16.2. The van der Waals surface area contributed by atoms with Crippen LogP contribution in [0, 0.1) is 0 Å². The molecule has 0 spiro atoms. The number of hydrogen-bond acceptors (Lipinski definition) is 4. The molecule has 1 aliphatic rings. The fourth-order valence-corrected chi connectivity index (χ4v) is 3.87. The van der Waals surface area contributed by atoms with Crippen LogP contribution in [0.3, 0.4) is 0 Å². The van der Waals surface area contributed by atoms with Gasteiger partial charge in [0.2, 0.25) is 5.91 Å². The highest BCUT2D eigenvalue weighted by atomic mass is 16.5. The summed E-state index contributed by atoms with van der Waals surface area (Å²) in [6.07, 6.45) is -0.487. The van der Waals surface area contributed by atoms with Crippen molar-refractivity contribution < 1.29 is 19.4 Å². The van der Waals surface area contributed by atoms with E-state index in [4.69, 9.17) is 10.5 Å². The predicted octanol–water partition coefficient (Wildman–Crippen LogP) is 3.33. The van der Waals surface area contributed by atoms with Gasteiger partial charge in [-0.15, -0.1) is 0 Å². The van der Waals surface area contributed by atoms with E-state index in [2.05, 4.69) is 17.4 Å². The van der Waals surface area contributed by atoms with Crippen LogP contribution in [0.5, 0.6) is 5.75 Å². The van der Waals surface area contributed by atoms with Crippen molar-refractivity contribution in [2.75, 3.05) is 6.61 Å². The van der Waals surface area contributed by atoms with Gasteiger partial charge in [-0.1, -0.05) is 60.7 Å². The molecule has 0 heterocycles. The Balaban J connectivity index is 1.43. The first kappa shape index (κ1) is 19.5. The molecule has 30 heavy (non-hydrogen) atoms. The highest BCUT2D eigenvalue weighted by molar-refractivity contribution is 5.84. The molecule has 1 unspecified atom stereocenters. The van der Waals surface area contributed by atoms with Crippen LogP contribution in [-0.2, 0) is 16.0 Å². The molecule has 1 aliphatic carbocycles. The fraction of sp³-hybridized carbons (Fsp3) is 0.167. The van der Waals surface area contributed by atoms with Gasteiger partial charge in [-0.05, 0) is 39.9 Å². The number of nitrogens with two attached hydrogens (primary N) is 1. The number of ether oxygens (including phenoxy) is 1. The average molecular weight is 402 g/mol. The number of rotatable bonds is 6. The second-order valence-corrected chi connectivity index (χ2v) is 7.30. The smallest absolute Gasteiger partial charge is 0.407 e. The van der Waals surface area contributed by atoms with Gasteiger partial charge < -0.3 is 20.9 Å². The molecular formula is C24H22N2O4. The third-order valence-corrected chi connectivity index (χ3v) is 5.36. The number of benzene rings is 3. The monoisotopic (exact) mass is 402 g/mol. The Labute approximate surface area is 174 Å². The zero-order valence-corrected chi connectivity index (χ0v) is 16.2. The molecule has 2 amide bonds. The summed E-state index contributed by atoms with van der Waals surface area (Å²) in [7, 11) is 0. The van der Waals surface area contributed by atoms with Crippen molar-refractivity contribution in [3.63, 3.8) is 0 Å². The SMILES string of the molecule is NC(=O)C(Cc1ccc(O)cc1)NC(=O)OCC1c2ccccc2-c2ccccc21. The highest BCUT2D eigenvalue weighted by Crippen LogP contribution is 2.44. The summed E-state index contributed by atoms with van der Waals surface area (Å²) in [4.78, 5) is 24.2. The van der Waals surface area contributed by atoms with E-state index in [1.54, 1.807) is 12.1 Å². The molecular weight excluding hydrogens is 380 g/mol. The standard InChI is InChI=1S/C24H22N2O4/c25-23(28)22(13-15-9-11-16(27)12-10-15)26-24(29)30-14-21-19-7-3-1-5-17(19)18-6-2-4-8-20(18)21/h1-12,21-22,27H,13-14H2,(H2,25,28)(H,26,29). The number of alkyl carbamates (subject to hydrolysis) is 1. The Bertz CT molecular complexity index is 1030. The summed E-state index contributed by atoms with van der Waals surface area (Å²) in [6, 6.07) is 21.6. The highest BCUT2D eigenvalue weighted by Gasteiger charge is 2.29. The second kappa shape index (κ2) is 8.29. The lowest BCUT2D eigenvalue weighted by atomic mass is 9.98. The molecule has 152 valence electrons. The van der Waals surface area contributed by atoms with E-state index in [0.29, 0.717) is 0 Å². The number of nitrogens with one attached hydrogen (secondary N) is 1. The number of phenolic OH excluding ortho intramolecular Hbond substituents is 1. The molecule has 6 heteroatoms. The molecule has 3 aromatic rings. The molecule has 0 saturated carbocycles. The number of carbonyl (C=O) groups is 2. The van der Waals surface area contributed by atoms with E-state index >= 15 is 0 Å². The molecule has 0 radical (unpaired) electrons. The zero-order chi connectivity index (χ0) is 21.1. The molecule has 0 fully saturated rings. The van der Waals surface area contributed by atoms with Gasteiger partial charge in [0.1, 0.15) is 18.4 Å². The first-order chi connectivity index (χ1) is 14.5. The topological polar surface area (TPSA) is 102 Å². The minimum atomic E-state index is -0.912. The van der Waals surface area contributed by atoms with Gasteiger partial charge in [-0.3, -0.25) is 4.79 Å². The number of fused-ring (bicyclic) bond motifs is 3. The van der Waals surface area contributed by atoms with Gasteiger partial charge in [0, 0.05) is 12.3 Å². The van der Waals surface area contributed by atoms with E-state index in [-0.39, 0.29) is 24.7 Å². The summed E-state index contributed by atoms with van der Waals surface area (Å²) in [6.45, 7) is 0.157. The molecule has 0 aliphatic heterocycles. The minimum Gasteiger partial charge on any atom is -0.508 e.